The lowest BCUT2D eigenvalue weighted by atomic mass is 9.95. The Hall–Kier alpha value is -2.74. The molecule has 0 saturated heterocycles. The van der Waals surface area contributed by atoms with E-state index in [1.54, 1.807) is 30.6 Å². The molecule has 2 aromatic carbocycles. The summed E-state index contributed by atoms with van der Waals surface area (Å²) in [5.41, 5.74) is 9.98. The van der Waals surface area contributed by atoms with E-state index < -0.39 is 0 Å². The van der Waals surface area contributed by atoms with Crippen LogP contribution in [-0.2, 0) is 16.7 Å². The molecule has 0 spiro atoms. The fourth-order valence-corrected chi connectivity index (χ4v) is 4.60. The van der Waals surface area contributed by atoms with Crippen molar-refractivity contribution in [1.82, 2.24) is 10.3 Å². The molecule has 0 bridgehead atoms. The maximum atomic E-state index is 12.6. The van der Waals surface area contributed by atoms with Gasteiger partial charge in [-0.1, -0.05) is 24.3 Å². The Balaban J connectivity index is 1.43. The van der Waals surface area contributed by atoms with Crippen LogP contribution in [0.5, 0.6) is 0 Å². The van der Waals surface area contributed by atoms with Gasteiger partial charge in [-0.05, 0) is 42.7 Å². The minimum atomic E-state index is -0.164. The average Bonchev–Trinajstić information content (AvgIpc) is 3.44. The van der Waals surface area contributed by atoms with Crippen molar-refractivity contribution in [2.24, 2.45) is 0 Å². The standard InChI is InChI=1S/C23H26N4O2S/c1-29-13-12-25-14-18-15-30-22(26-18)23(10-11-23)17-8-6-16(7-9-17)21(28)27-20-5-3-2-4-19(20)24/h2-9,15,25H,10-14,24H2,1H3,(H,27,28). The van der Waals surface area contributed by atoms with Crippen LogP contribution in [0, 0.1) is 0 Å². The molecule has 30 heavy (non-hydrogen) atoms. The summed E-state index contributed by atoms with van der Waals surface area (Å²) < 4.78 is 5.06. The molecule has 4 rings (SSSR count). The molecule has 4 N–H and O–H groups in total. The van der Waals surface area contributed by atoms with Crippen molar-refractivity contribution >= 4 is 28.6 Å². The molecule has 0 atom stereocenters. The predicted octanol–water partition coefficient (Wildman–Crippen LogP) is 3.79. The molecule has 0 aliphatic heterocycles. The molecule has 6 nitrogen and oxygen atoms in total. The summed E-state index contributed by atoms with van der Waals surface area (Å²) in [6.07, 6.45) is 2.17. The molecule has 1 heterocycles. The van der Waals surface area contributed by atoms with Crippen molar-refractivity contribution in [2.75, 3.05) is 31.3 Å². The largest absolute Gasteiger partial charge is 0.397 e. The van der Waals surface area contributed by atoms with Crippen LogP contribution in [0.3, 0.4) is 0 Å². The molecule has 1 saturated carbocycles. The van der Waals surface area contributed by atoms with E-state index in [0.717, 1.165) is 36.6 Å². The van der Waals surface area contributed by atoms with Crippen LogP contribution in [0.4, 0.5) is 11.4 Å². The van der Waals surface area contributed by atoms with E-state index in [0.29, 0.717) is 23.5 Å². The highest BCUT2D eigenvalue weighted by atomic mass is 32.1. The lowest BCUT2D eigenvalue weighted by Crippen LogP contribution is -2.19. The molecule has 1 amide bonds. The summed E-state index contributed by atoms with van der Waals surface area (Å²) in [5.74, 6) is -0.164. The zero-order valence-corrected chi connectivity index (χ0v) is 17.8. The highest BCUT2D eigenvalue weighted by Gasteiger charge is 2.48. The van der Waals surface area contributed by atoms with Crippen LogP contribution >= 0.6 is 11.3 Å². The first-order chi connectivity index (χ1) is 14.6. The number of carbonyl (C=O) groups is 1. The van der Waals surface area contributed by atoms with Crippen LogP contribution in [0.2, 0.25) is 0 Å². The first-order valence-electron chi connectivity index (χ1n) is 10.0. The molecule has 0 unspecified atom stereocenters. The number of para-hydroxylation sites is 2. The van der Waals surface area contributed by atoms with Crippen molar-refractivity contribution in [1.29, 1.82) is 0 Å². The van der Waals surface area contributed by atoms with Crippen molar-refractivity contribution in [3.63, 3.8) is 0 Å². The van der Waals surface area contributed by atoms with E-state index in [1.165, 1.54) is 5.56 Å². The first kappa shape index (κ1) is 20.5. The number of rotatable bonds is 9. The molecule has 1 aromatic heterocycles. The number of benzene rings is 2. The Morgan fingerprint density at radius 2 is 1.97 bits per heavy atom. The number of nitrogens with two attached hydrogens (primary N) is 1. The van der Waals surface area contributed by atoms with E-state index in [-0.39, 0.29) is 11.3 Å². The maximum Gasteiger partial charge on any atom is 0.255 e. The number of carbonyl (C=O) groups excluding carboxylic acids is 1. The second-order valence-corrected chi connectivity index (χ2v) is 8.37. The van der Waals surface area contributed by atoms with E-state index in [1.807, 2.05) is 36.4 Å². The van der Waals surface area contributed by atoms with Crippen LogP contribution < -0.4 is 16.4 Å². The van der Waals surface area contributed by atoms with E-state index in [2.05, 4.69) is 16.0 Å². The SMILES string of the molecule is COCCNCc1csc(C2(c3ccc(C(=O)Nc4ccccc4N)cc3)CC2)n1. The third-order valence-corrected chi connectivity index (χ3v) is 6.50. The lowest BCUT2D eigenvalue weighted by molar-refractivity contribution is 0.102. The van der Waals surface area contributed by atoms with Gasteiger partial charge in [0.2, 0.25) is 0 Å². The minimum Gasteiger partial charge on any atom is -0.397 e. The Morgan fingerprint density at radius 1 is 1.20 bits per heavy atom. The maximum absolute atomic E-state index is 12.6. The Labute approximate surface area is 180 Å². The van der Waals surface area contributed by atoms with Gasteiger partial charge in [0.25, 0.3) is 5.91 Å². The van der Waals surface area contributed by atoms with Crippen LogP contribution in [0.25, 0.3) is 0 Å². The van der Waals surface area contributed by atoms with E-state index in [4.69, 9.17) is 15.5 Å². The quantitative estimate of drug-likeness (QED) is 0.361. The number of hydrogen-bond acceptors (Lipinski definition) is 6. The van der Waals surface area contributed by atoms with Crippen LogP contribution in [0.1, 0.15) is 39.5 Å². The topological polar surface area (TPSA) is 89.3 Å². The number of ether oxygens (including phenoxy) is 1. The summed E-state index contributed by atoms with van der Waals surface area (Å²) in [7, 11) is 1.70. The monoisotopic (exact) mass is 422 g/mol. The lowest BCUT2D eigenvalue weighted by Gasteiger charge is -2.14. The molecule has 3 aromatic rings. The van der Waals surface area contributed by atoms with Crippen LogP contribution in [-0.4, -0.2) is 31.2 Å². The van der Waals surface area contributed by atoms with Gasteiger partial charge in [-0.15, -0.1) is 11.3 Å². The van der Waals surface area contributed by atoms with Gasteiger partial charge in [-0.2, -0.15) is 0 Å². The normalized spacial score (nSPS) is 14.4. The van der Waals surface area contributed by atoms with Crippen molar-refractivity contribution in [2.45, 2.75) is 24.8 Å². The smallest absolute Gasteiger partial charge is 0.255 e. The zero-order valence-electron chi connectivity index (χ0n) is 17.0. The van der Waals surface area contributed by atoms with E-state index in [9.17, 15) is 4.79 Å². The summed E-state index contributed by atoms with van der Waals surface area (Å²) in [5, 5.41) is 9.49. The van der Waals surface area contributed by atoms with Crippen LogP contribution in [0.15, 0.2) is 53.9 Å². The number of hydrogen-bond donors (Lipinski definition) is 3. The number of nitrogens with one attached hydrogen (secondary N) is 2. The van der Waals surface area contributed by atoms with Gasteiger partial charge in [0.15, 0.2) is 0 Å². The Bertz CT molecular complexity index is 1010. The molecular weight excluding hydrogens is 396 g/mol. The third-order valence-electron chi connectivity index (χ3n) is 5.41. The second-order valence-electron chi connectivity index (χ2n) is 7.51. The second kappa shape index (κ2) is 8.95. The van der Waals surface area contributed by atoms with Gasteiger partial charge in [0, 0.05) is 36.6 Å². The highest BCUT2D eigenvalue weighted by molar-refractivity contribution is 7.09. The minimum absolute atomic E-state index is 0.00564. The number of anilines is 2. The molecule has 1 aliphatic rings. The third kappa shape index (κ3) is 4.38. The average molecular weight is 423 g/mol. The number of nitrogen functional groups attached to an aromatic ring is 1. The predicted molar refractivity (Wildman–Crippen MR) is 121 cm³/mol. The molecule has 156 valence electrons. The Morgan fingerprint density at radius 3 is 2.67 bits per heavy atom. The highest BCUT2D eigenvalue weighted by Crippen LogP contribution is 2.54. The van der Waals surface area contributed by atoms with Gasteiger partial charge < -0.3 is 21.1 Å². The van der Waals surface area contributed by atoms with Gasteiger partial charge in [0.05, 0.1) is 23.7 Å². The number of amides is 1. The van der Waals surface area contributed by atoms with E-state index >= 15 is 0 Å². The number of aromatic nitrogens is 1. The van der Waals surface area contributed by atoms with Gasteiger partial charge in [-0.25, -0.2) is 4.98 Å². The number of nitrogens with zero attached hydrogens (tertiary/aromatic N) is 1. The zero-order chi connectivity index (χ0) is 21.0. The summed E-state index contributed by atoms with van der Waals surface area (Å²) in [4.78, 5) is 17.4. The van der Waals surface area contributed by atoms with Gasteiger partial charge in [-0.3, -0.25) is 4.79 Å². The molecular formula is C23H26N4O2S. The van der Waals surface area contributed by atoms with Gasteiger partial charge in [0.1, 0.15) is 5.01 Å². The van der Waals surface area contributed by atoms with Crippen molar-refractivity contribution in [3.8, 4) is 0 Å². The van der Waals surface area contributed by atoms with Crippen molar-refractivity contribution in [3.05, 3.63) is 75.7 Å². The molecule has 0 radical (unpaired) electrons. The molecule has 1 fully saturated rings. The molecule has 1 aliphatic carbocycles. The summed E-state index contributed by atoms with van der Waals surface area (Å²) in [6.45, 7) is 2.25. The first-order valence-corrected chi connectivity index (χ1v) is 10.9. The summed E-state index contributed by atoms with van der Waals surface area (Å²) >= 11 is 1.72. The summed E-state index contributed by atoms with van der Waals surface area (Å²) in [6, 6.07) is 15.1. The molecule has 7 heteroatoms. The fraction of sp³-hybridized carbons (Fsp3) is 0.304. The van der Waals surface area contributed by atoms with Gasteiger partial charge >= 0.3 is 0 Å². The number of methoxy groups -OCH3 is 1. The number of thiazole rings is 1. The van der Waals surface area contributed by atoms with Crippen molar-refractivity contribution < 1.29 is 9.53 Å². The Kier molecular flexibility index (Phi) is 6.13. The fourth-order valence-electron chi connectivity index (χ4n) is 3.50.